The zero-order valence-electron chi connectivity index (χ0n) is 20.5. The molecule has 31 heavy (non-hydrogen) atoms. The van der Waals surface area contributed by atoms with Gasteiger partial charge in [-0.05, 0) is 0 Å². The van der Waals surface area contributed by atoms with E-state index in [1.807, 2.05) is 18.2 Å². The van der Waals surface area contributed by atoms with Crippen LogP contribution in [0, 0.1) is 0 Å². The third-order valence-electron chi connectivity index (χ3n) is 6.05. The average Bonchev–Trinajstić information content (AvgIpc) is 2.77. The van der Waals surface area contributed by atoms with Gasteiger partial charge in [0.25, 0.3) is 0 Å². The fourth-order valence-corrected chi connectivity index (χ4v) is 18.6. The molecule has 0 spiro atoms. The summed E-state index contributed by atoms with van der Waals surface area (Å²) in [5.41, 5.74) is 2.06. The van der Waals surface area contributed by atoms with E-state index in [4.69, 9.17) is 9.47 Å². The summed E-state index contributed by atoms with van der Waals surface area (Å²) >= 11 is -2.48. The van der Waals surface area contributed by atoms with E-state index in [-0.39, 0.29) is 12.1 Å². The molecule has 0 aliphatic carbocycles. The zero-order valence-corrected chi connectivity index (χ0v) is 23.4. The molecule has 1 aromatic rings. The first-order chi connectivity index (χ1) is 15.0. The van der Waals surface area contributed by atoms with Gasteiger partial charge in [0, 0.05) is 0 Å². The second-order valence-corrected chi connectivity index (χ2v) is 21.6. The topological polar surface area (TPSA) is 35.5 Å². The van der Waals surface area contributed by atoms with Crippen molar-refractivity contribution in [3.05, 3.63) is 52.1 Å². The van der Waals surface area contributed by atoms with Gasteiger partial charge in [0.1, 0.15) is 0 Å². The van der Waals surface area contributed by atoms with Crippen LogP contribution in [0.15, 0.2) is 41.0 Å². The number of rotatable bonds is 16. The van der Waals surface area contributed by atoms with Crippen LogP contribution in [0.3, 0.4) is 0 Å². The van der Waals surface area contributed by atoms with Gasteiger partial charge < -0.3 is 0 Å². The Bertz CT molecular complexity index is 674. The van der Waals surface area contributed by atoms with Crippen LogP contribution in [0.2, 0.25) is 13.3 Å². The molecule has 0 aromatic heterocycles. The van der Waals surface area contributed by atoms with Gasteiger partial charge >= 0.3 is 196 Å². The molecule has 1 unspecified atom stereocenters. The summed E-state index contributed by atoms with van der Waals surface area (Å²) in [6.07, 6.45) is 12.1. The van der Waals surface area contributed by atoms with E-state index in [9.17, 15) is 4.79 Å². The minimum absolute atomic E-state index is 0.251. The summed E-state index contributed by atoms with van der Waals surface area (Å²) in [4.78, 5) is 12.0. The quantitative estimate of drug-likeness (QED) is 0.122. The molecule has 0 heterocycles. The van der Waals surface area contributed by atoms with Crippen molar-refractivity contribution in [2.75, 3.05) is 7.11 Å². The van der Waals surface area contributed by atoms with Crippen molar-refractivity contribution in [1.82, 2.24) is 0 Å². The molecule has 1 rings (SSSR count). The Kier molecular flexibility index (Phi) is 13.9. The Morgan fingerprint density at radius 3 is 2.10 bits per heavy atom. The standard InChI is InChI=1S/C15H17O3.3C4H9.Sn/c1-5-8-12-13(9-7-10-15(12)17-4)14(6-2)18-11(3)16;3*1-3-4-2;/h2,5-7,9-10,14H,1,8H2,3-4H3;3*1,3-4H2,2H3;. The predicted octanol–water partition coefficient (Wildman–Crippen LogP) is 7.97. The van der Waals surface area contributed by atoms with E-state index in [1.54, 1.807) is 7.11 Å². The van der Waals surface area contributed by atoms with Gasteiger partial charge in [-0.1, -0.05) is 0 Å². The number of ether oxygens (including phenoxy) is 2. The maximum absolute atomic E-state index is 12.0. The molecule has 0 amide bonds. The van der Waals surface area contributed by atoms with Crippen molar-refractivity contribution in [2.24, 2.45) is 0 Å². The van der Waals surface area contributed by atoms with Crippen molar-refractivity contribution < 1.29 is 14.3 Å². The minimum atomic E-state index is -2.48. The molecule has 174 valence electrons. The van der Waals surface area contributed by atoms with Gasteiger partial charge in [-0.3, -0.25) is 0 Å². The molecule has 0 fully saturated rings. The van der Waals surface area contributed by atoms with Crippen LogP contribution in [0.1, 0.15) is 83.5 Å². The fraction of sp³-hybridized carbons (Fsp3) is 0.593. The SMILES string of the molecule is C=CCc1c(OC)cccc1C(/C=[CH]/[Sn]([CH2]CCC)([CH2]CCC)[CH2]CCC)OC(C)=O. The van der Waals surface area contributed by atoms with E-state index in [2.05, 4.69) is 43.6 Å². The number of hydrogen-bond donors (Lipinski definition) is 0. The van der Waals surface area contributed by atoms with Crippen molar-refractivity contribution in [3.63, 3.8) is 0 Å². The second-order valence-electron chi connectivity index (χ2n) is 8.58. The first-order valence-electron chi connectivity index (χ1n) is 12.1. The summed E-state index contributed by atoms with van der Waals surface area (Å²) in [7, 11) is 1.68. The molecule has 0 bridgehead atoms. The first kappa shape index (κ1) is 27.8. The number of methoxy groups -OCH3 is 1. The molecule has 4 heteroatoms. The van der Waals surface area contributed by atoms with Gasteiger partial charge in [-0.15, -0.1) is 0 Å². The number of carbonyl (C=O) groups is 1. The van der Waals surface area contributed by atoms with Crippen molar-refractivity contribution in [1.29, 1.82) is 0 Å². The van der Waals surface area contributed by atoms with E-state index >= 15 is 0 Å². The maximum atomic E-state index is 12.0. The Balaban J connectivity index is 3.42. The van der Waals surface area contributed by atoms with E-state index in [1.165, 1.54) is 58.8 Å². The Morgan fingerprint density at radius 1 is 1.06 bits per heavy atom. The molecular weight excluding hydrogens is 491 g/mol. The van der Waals surface area contributed by atoms with E-state index in [0.29, 0.717) is 6.42 Å². The molecule has 1 atom stereocenters. The monoisotopic (exact) mass is 536 g/mol. The molecule has 1 aromatic carbocycles. The van der Waals surface area contributed by atoms with Crippen LogP contribution >= 0.6 is 0 Å². The zero-order chi connectivity index (χ0) is 23.1. The number of unbranched alkanes of at least 4 members (excludes halogenated alkanes) is 3. The number of benzene rings is 1. The Labute approximate surface area is 195 Å². The van der Waals surface area contributed by atoms with Crippen molar-refractivity contribution in [2.45, 2.75) is 92.1 Å². The third-order valence-corrected chi connectivity index (χ3v) is 20.2. The van der Waals surface area contributed by atoms with E-state index < -0.39 is 18.4 Å². The Hall–Kier alpha value is -1.23. The summed E-state index contributed by atoms with van der Waals surface area (Å²) in [6.45, 7) is 12.3. The van der Waals surface area contributed by atoms with Crippen LogP contribution in [0.25, 0.3) is 0 Å². The fourth-order valence-electron chi connectivity index (χ4n) is 4.29. The molecule has 0 saturated heterocycles. The van der Waals surface area contributed by atoms with Gasteiger partial charge in [0.15, 0.2) is 0 Å². The molecule has 0 aliphatic heterocycles. The molecule has 3 nitrogen and oxygen atoms in total. The van der Waals surface area contributed by atoms with Crippen LogP contribution in [-0.2, 0) is 16.0 Å². The number of hydrogen-bond acceptors (Lipinski definition) is 3. The molecule has 0 aliphatic rings. The molecule has 0 N–H and O–H groups in total. The molecular formula is C27H44O3Sn. The third kappa shape index (κ3) is 9.42. The van der Waals surface area contributed by atoms with Crippen LogP contribution in [0.4, 0.5) is 0 Å². The molecule has 0 saturated carbocycles. The van der Waals surface area contributed by atoms with Crippen LogP contribution in [0.5, 0.6) is 5.75 Å². The summed E-state index contributed by atoms with van der Waals surface area (Å²) in [6, 6.07) is 6.00. The van der Waals surface area contributed by atoms with Gasteiger partial charge in [0.2, 0.25) is 0 Å². The number of allylic oxidation sites excluding steroid dienone is 1. The van der Waals surface area contributed by atoms with Crippen LogP contribution in [-0.4, -0.2) is 31.5 Å². The summed E-state index contributed by atoms with van der Waals surface area (Å²) < 4.78 is 18.2. The van der Waals surface area contributed by atoms with Gasteiger partial charge in [-0.2, -0.15) is 0 Å². The number of esters is 1. The molecule has 0 radical (unpaired) electrons. The van der Waals surface area contributed by atoms with Crippen LogP contribution < -0.4 is 4.74 Å². The number of carbonyl (C=O) groups excluding carboxylic acids is 1. The van der Waals surface area contributed by atoms with Gasteiger partial charge in [0.05, 0.1) is 0 Å². The van der Waals surface area contributed by atoms with E-state index in [0.717, 1.165) is 16.9 Å². The van der Waals surface area contributed by atoms with Gasteiger partial charge in [-0.25, -0.2) is 0 Å². The second kappa shape index (κ2) is 15.6. The normalized spacial score (nSPS) is 12.7. The predicted molar refractivity (Wildman–Crippen MR) is 135 cm³/mol. The summed E-state index contributed by atoms with van der Waals surface area (Å²) in [5.74, 6) is 0.569. The van der Waals surface area contributed by atoms with Crippen molar-refractivity contribution >= 4 is 24.3 Å². The van der Waals surface area contributed by atoms with Crippen molar-refractivity contribution in [3.8, 4) is 5.75 Å². The average molecular weight is 535 g/mol. The first-order valence-corrected chi connectivity index (χ1v) is 19.8. The summed E-state index contributed by atoms with van der Waals surface area (Å²) in [5, 5.41) is 0. The Morgan fingerprint density at radius 2 is 1.65 bits per heavy atom.